The molecule has 2 bridgehead atoms. The van der Waals surface area contributed by atoms with Crippen LogP contribution in [0.5, 0.6) is 0 Å². The zero-order chi connectivity index (χ0) is 19.2. The third kappa shape index (κ3) is 2.94. The van der Waals surface area contributed by atoms with Crippen LogP contribution in [0.15, 0.2) is 16.5 Å². The highest BCUT2D eigenvalue weighted by atomic mass is 32.1. The summed E-state index contributed by atoms with van der Waals surface area (Å²) in [5, 5.41) is 11.4. The summed E-state index contributed by atoms with van der Waals surface area (Å²) >= 11 is 1.48. The smallest absolute Gasteiger partial charge is 0.307 e. The normalized spacial score (nSPS) is 26.7. The van der Waals surface area contributed by atoms with Gasteiger partial charge in [0, 0.05) is 10.3 Å². The maximum absolute atomic E-state index is 12.7. The van der Waals surface area contributed by atoms with Crippen molar-refractivity contribution in [2.45, 2.75) is 40.5 Å². The van der Waals surface area contributed by atoms with Crippen molar-refractivity contribution in [3.8, 4) is 0 Å². The highest BCUT2D eigenvalue weighted by Gasteiger charge is 2.57. The molecule has 3 N–H and O–H groups in total. The van der Waals surface area contributed by atoms with E-state index in [4.69, 9.17) is 0 Å². The van der Waals surface area contributed by atoms with Gasteiger partial charge in [-0.3, -0.25) is 25.2 Å². The van der Waals surface area contributed by atoms with E-state index in [1.165, 1.54) is 11.3 Å². The number of carboxylic acids is 1. The van der Waals surface area contributed by atoms with E-state index in [-0.39, 0.29) is 17.7 Å². The number of carboxylic acid groups (broad SMARTS) is 1. The lowest BCUT2D eigenvalue weighted by Crippen LogP contribution is -2.48. The highest BCUT2D eigenvalue weighted by molar-refractivity contribution is 7.10. The molecule has 0 unspecified atom stereocenters. The number of rotatable bonds is 3. The number of hydrogen-bond donors (Lipinski definition) is 3. The first kappa shape index (κ1) is 18.6. The van der Waals surface area contributed by atoms with Crippen LogP contribution in [-0.2, 0) is 9.59 Å². The largest absolute Gasteiger partial charge is 0.481 e. The minimum atomic E-state index is -0.938. The van der Waals surface area contributed by atoms with Crippen molar-refractivity contribution in [2.24, 2.45) is 23.7 Å². The Balaban J connectivity index is 1.75. The number of thiophene rings is 1. The molecule has 1 aromatic heterocycles. The van der Waals surface area contributed by atoms with E-state index in [2.05, 4.69) is 10.9 Å². The molecular weight excluding hydrogens is 352 g/mol. The second kappa shape index (κ2) is 6.87. The monoisotopic (exact) mass is 376 g/mol. The third-order valence-electron chi connectivity index (χ3n) is 5.84. The van der Waals surface area contributed by atoms with Gasteiger partial charge in [0.15, 0.2) is 0 Å². The van der Waals surface area contributed by atoms with Crippen molar-refractivity contribution in [1.29, 1.82) is 0 Å². The van der Waals surface area contributed by atoms with Crippen molar-refractivity contribution >= 4 is 29.1 Å². The predicted octanol–water partition coefficient (Wildman–Crippen LogP) is 2.82. The highest BCUT2D eigenvalue weighted by Crippen LogP contribution is 2.57. The molecule has 1 heterocycles. The summed E-state index contributed by atoms with van der Waals surface area (Å²) in [6.45, 7) is 7.75. The van der Waals surface area contributed by atoms with Crippen LogP contribution >= 0.6 is 11.3 Å². The Labute approximate surface area is 156 Å². The quantitative estimate of drug-likeness (QED) is 0.558. The Kier molecular flexibility index (Phi) is 4.92. The predicted molar refractivity (Wildman–Crippen MR) is 98.6 cm³/mol. The molecule has 140 valence electrons. The van der Waals surface area contributed by atoms with E-state index < -0.39 is 23.7 Å². The van der Waals surface area contributed by atoms with Crippen molar-refractivity contribution in [2.75, 3.05) is 0 Å². The number of allylic oxidation sites excluding steroid dienone is 2. The van der Waals surface area contributed by atoms with Crippen molar-refractivity contribution in [3.05, 3.63) is 32.5 Å². The van der Waals surface area contributed by atoms with Crippen LogP contribution in [0, 0.1) is 37.5 Å². The van der Waals surface area contributed by atoms with E-state index in [0.29, 0.717) is 5.56 Å². The lowest BCUT2D eigenvalue weighted by atomic mass is 9.79. The van der Waals surface area contributed by atoms with E-state index in [0.717, 1.165) is 34.4 Å². The molecule has 2 saturated carbocycles. The second-order valence-electron chi connectivity index (χ2n) is 7.41. The van der Waals surface area contributed by atoms with E-state index in [1.807, 2.05) is 27.7 Å². The summed E-state index contributed by atoms with van der Waals surface area (Å²) in [5.74, 6) is -3.21. The van der Waals surface area contributed by atoms with Gasteiger partial charge < -0.3 is 5.11 Å². The maximum Gasteiger partial charge on any atom is 0.307 e. The average Bonchev–Trinajstić information content (AvgIpc) is 3.24. The van der Waals surface area contributed by atoms with Gasteiger partial charge in [0.1, 0.15) is 0 Å². The third-order valence-corrected chi connectivity index (χ3v) is 6.85. The first-order valence-electron chi connectivity index (χ1n) is 8.79. The summed E-state index contributed by atoms with van der Waals surface area (Å²) in [7, 11) is 0. The van der Waals surface area contributed by atoms with Crippen molar-refractivity contribution in [1.82, 2.24) is 10.9 Å². The number of fused-ring (bicyclic) bond motifs is 2. The molecule has 2 aliphatic rings. The SMILES string of the molecule is CC(C)=C1[C@H]2CC[C@H]1[C@@H](C(=O)NNC(=O)c1csc(C)c1C)[C@H]2C(=O)O. The minimum absolute atomic E-state index is 0.0480. The first-order chi connectivity index (χ1) is 12.2. The lowest BCUT2D eigenvalue weighted by Gasteiger charge is -2.26. The standard InChI is InChI=1S/C19H24N2O4S/c1-8(2)14-11-5-6-12(14)16(19(24)25)15(11)18(23)21-20-17(22)13-7-26-10(4)9(13)3/h7,11-12,15-16H,5-6H2,1-4H3,(H,20,22)(H,21,23)(H,24,25)/t11-,12-,15-,16+/m1/s1. The van der Waals surface area contributed by atoms with Crippen LogP contribution in [0.25, 0.3) is 0 Å². The molecule has 0 saturated heterocycles. The van der Waals surface area contributed by atoms with Gasteiger partial charge >= 0.3 is 5.97 Å². The molecule has 1 aromatic rings. The van der Waals surface area contributed by atoms with E-state index in [9.17, 15) is 19.5 Å². The van der Waals surface area contributed by atoms with Crippen LogP contribution in [0.4, 0.5) is 0 Å². The summed E-state index contributed by atoms with van der Waals surface area (Å²) in [4.78, 5) is 37.9. The molecule has 3 rings (SSSR count). The first-order valence-corrected chi connectivity index (χ1v) is 9.67. The van der Waals surface area contributed by atoms with Gasteiger partial charge in [0.25, 0.3) is 5.91 Å². The van der Waals surface area contributed by atoms with E-state index in [1.54, 1.807) is 5.38 Å². The van der Waals surface area contributed by atoms with E-state index >= 15 is 0 Å². The molecule has 0 aromatic carbocycles. The molecule has 2 aliphatic carbocycles. The number of amides is 2. The van der Waals surface area contributed by atoms with Crippen LogP contribution in [0.3, 0.4) is 0 Å². The summed E-state index contributed by atoms with van der Waals surface area (Å²) < 4.78 is 0. The van der Waals surface area contributed by atoms with Gasteiger partial charge in [-0.15, -0.1) is 11.3 Å². The van der Waals surface area contributed by atoms with Crippen molar-refractivity contribution < 1.29 is 19.5 Å². The summed E-state index contributed by atoms with van der Waals surface area (Å²) in [5.41, 5.74) is 8.56. The molecule has 26 heavy (non-hydrogen) atoms. The average molecular weight is 376 g/mol. The van der Waals surface area contributed by atoms with Crippen LogP contribution in [-0.4, -0.2) is 22.9 Å². The fourth-order valence-electron chi connectivity index (χ4n) is 4.61. The molecule has 0 aliphatic heterocycles. The summed E-state index contributed by atoms with van der Waals surface area (Å²) in [6, 6.07) is 0. The van der Waals surface area contributed by atoms with Crippen LogP contribution in [0.2, 0.25) is 0 Å². The fourth-order valence-corrected chi connectivity index (χ4v) is 5.48. The van der Waals surface area contributed by atoms with Gasteiger partial charge in [-0.25, -0.2) is 0 Å². The number of hydrogen-bond acceptors (Lipinski definition) is 4. The Morgan fingerprint density at radius 1 is 1.08 bits per heavy atom. The molecule has 6 nitrogen and oxygen atoms in total. The molecular formula is C19H24N2O4S. The van der Waals surface area contributed by atoms with Gasteiger partial charge in [-0.2, -0.15) is 0 Å². The lowest BCUT2D eigenvalue weighted by molar-refractivity contribution is -0.149. The Morgan fingerprint density at radius 3 is 2.19 bits per heavy atom. The number of hydrazine groups is 1. The number of nitrogens with one attached hydrogen (secondary N) is 2. The molecule has 4 atom stereocenters. The number of carbonyl (C=O) groups is 3. The molecule has 7 heteroatoms. The Morgan fingerprint density at radius 2 is 1.69 bits per heavy atom. The fraction of sp³-hybridized carbons (Fsp3) is 0.526. The zero-order valence-electron chi connectivity index (χ0n) is 15.4. The van der Waals surface area contributed by atoms with Crippen LogP contribution < -0.4 is 10.9 Å². The minimum Gasteiger partial charge on any atom is -0.481 e. The Hall–Kier alpha value is -2.15. The number of aliphatic carboxylic acids is 1. The Bertz CT molecular complexity index is 806. The van der Waals surface area contributed by atoms with Crippen molar-refractivity contribution in [3.63, 3.8) is 0 Å². The molecule has 0 spiro atoms. The van der Waals surface area contributed by atoms with Gasteiger partial charge in [-0.05, 0) is 57.9 Å². The number of carbonyl (C=O) groups excluding carboxylic acids is 2. The van der Waals surface area contributed by atoms with Gasteiger partial charge in [-0.1, -0.05) is 11.1 Å². The van der Waals surface area contributed by atoms with Crippen LogP contribution in [0.1, 0.15) is 47.5 Å². The topological polar surface area (TPSA) is 95.5 Å². The molecule has 2 fully saturated rings. The molecule has 0 radical (unpaired) electrons. The number of aryl methyl sites for hydroxylation is 1. The van der Waals surface area contributed by atoms with Gasteiger partial charge in [0.05, 0.1) is 17.4 Å². The summed E-state index contributed by atoms with van der Waals surface area (Å²) in [6.07, 6.45) is 1.63. The zero-order valence-corrected chi connectivity index (χ0v) is 16.2. The molecule has 2 amide bonds. The van der Waals surface area contributed by atoms with Gasteiger partial charge in [0.2, 0.25) is 5.91 Å². The maximum atomic E-state index is 12.7. The second-order valence-corrected chi connectivity index (χ2v) is 8.49.